The van der Waals surface area contributed by atoms with Crippen LogP contribution in [0.1, 0.15) is 49.7 Å². The minimum absolute atomic E-state index is 0.330. The fraction of sp³-hybridized carbons (Fsp3) is 0.344. The Bertz CT molecular complexity index is 1240. The van der Waals surface area contributed by atoms with Crippen LogP contribution in [0.15, 0.2) is 85.1 Å². The lowest BCUT2D eigenvalue weighted by Crippen LogP contribution is -2.34. The molecule has 1 atom stereocenters. The van der Waals surface area contributed by atoms with Crippen molar-refractivity contribution in [2.24, 2.45) is 5.73 Å². The second-order valence-electron chi connectivity index (χ2n) is 9.55. The van der Waals surface area contributed by atoms with Crippen molar-refractivity contribution in [3.63, 3.8) is 0 Å². The first kappa shape index (κ1) is 27.3. The molecule has 0 saturated heterocycles. The summed E-state index contributed by atoms with van der Waals surface area (Å²) >= 11 is 0. The van der Waals surface area contributed by atoms with E-state index in [0.717, 1.165) is 72.1 Å². The summed E-state index contributed by atoms with van der Waals surface area (Å²) in [7, 11) is 0. The number of ether oxygens (including phenoxy) is 3. The van der Waals surface area contributed by atoms with Gasteiger partial charge in [0.25, 0.3) is 0 Å². The zero-order valence-corrected chi connectivity index (χ0v) is 21.9. The predicted octanol–water partition coefficient (Wildman–Crippen LogP) is 6.58. The number of aromatic nitrogens is 1. The zero-order chi connectivity index (χ0) is 26.4. The van der Waals surface area contributed by atoms with Crippen LogP contribution in [0.4, 0.5) is 0 Å². The average Bonchev–Trinajstić information content (AvgIpc) is 3.36. The Morgan fingerprint density at radius 1 is 0.737 bits per heavy atom. The van der Waals surface area contributed by atoms with Crippen LogP contribution < -0.4 is 15.2 Å². The Hall–Kier alpha value is -3.77. The minimum atomic E-state index is -0.646. The highest BCUT2D eigenvalue weighted by molar-refractivity contribution is 5.84. The topological polar surface area (TPSA) is 86.6 Å². The molecule has 6 nitrogen and oxygen atoms in total. The maximum absolute atomic E-state index is 12.3. The third-order valence-electron chi connectivity index (χ3n) is 6.54. The lowest BCUT2D eigenvalue weighted by Gasteiger charge is -2.11. The van der Waals surface area contributed by atoms with E-state index in [4.69, 9.17) is 19.9 Å². The van der Waals surface area contributed by atoms with E-state index in [1.54, 1.807) is 0 Å². The minimum Gasteiger partial charge on any atom is -0.494 e. The summed E-state index contributed by atoms with van der Waals surface area (Å²) in [5.74, 6) is 1.37. The molecule has 0 aliphatic heterocycles. The molecule has 200 valence electrons. The van der Waals surface area contributed by atoms with Gasteiger partial charge in [-0.15, -0.1) is 0 Å². The molecule has 3 N–H and O–H groups in total. The number of unbranched alkanes of at least 4 members (excludes halogenated alkanes) is 5. The summed E-state index contributed by atoms with van der Waals surface area (Å²) in [5, 5.41) is 1.10. The van der Waals surface area contributed by atoms with Crippen LogP contribution in [-0.2, 0) is 22.6 Å². The molecule has 6 heteroatoms. The van der Waals surface area contributed by atoms with E-state index >= 15 is 0 Å². The molecule has 0 saturated carbocycles. The molecule has 1 heterocycles. The Kier molecular flexibility index (Phi) is 10.6. The molecule has 4 rings (SSSR count). The van der Waals surface area contributed by atoms with E-state index in [2.05, 4.69) is 17.1 Å². The van der Waals surface area contributed by atoms with Crippen LogP contribution in [0.25, 0.3) is 10.9 Å². The molecule has 4 aromatic rings. The lowest BCUT2D eigenvalue weighted by atomic mass is 10.1. The monoisotopic (exact) mass is 514 g/mol. The van der Waals surface area contributed by atoms with Gasteiger partial charge in [-0.05, 0) is 54.3 Å². The molecule has 0 aliphatic carbocycles. The molecule has 3 aromatic carbocycles. The van der Waals surface area contributed by atoms with Crippen molar-refractivity contribution in [1.29, 1.82) is 0 Å². The van der Waals surface area contributed by atoms with Gasteiger partial charge in [-0.1, -0.05) is 74.2 Å². The Morgan fingerprint density at radius 2 is 1.37 bits per heavy atom. The zero-order valence-electron chi connectivity index (χ0n) is 21.9. The number of rotatable bonds is 16. The van der Waals surface area contributed by atoms with Crippen molar-refractivity contribution in [1.82, 2.24) is 4.98 Å². The maximum atomic E-state index is 12.3. The van der Waals surface area contributed by atoms with Gasteiger partial charge in [0, 0.05) is 23.5 Å². The number of aromatic amines is 1. The molecule has 0 amide bonds. The number of nitrogens with one attached hydrogen (secondary N) is 1. The quantitative estimate of drug-likeness (QED) is 0.130. The van der Waals surface area contributed by atoms with Gasteiger partial charge < -0.3 is 24.9 Å². The highest BCUT2D eigenvalue weighted by atomic mass is 16.5. The van der Waals surface area contributed by atoms with Crippen LogP contribution in [-0.4, -0.2) is 30.2 Å². The smallest absolute Gasteiger partial charge is 0.323 e. The number of carbonyl (C=O) groups is 1. The number of para-hydroxylation sites is 1. The van der Waals surface area contributed by atoms with Crippen LogP contribution >= 0.6 is 0 Å². The van der Waals surface area contributed by atoms with Crippen molar-refractivity contribution < 1.29 is 19.0 Å². The second kappa shape index (κ2) is 14.8. The number of benzene rings is 3. The molecular formula is C32H38N2O4. The Balaban J connectivity index is 0.990. The highest BCUT2D eigenvalue weighted by Gasteiger charge is 2.17. The van der Waals surface area contributed by atoms with Gasteiger partial charge in [-0.3, -0.25) is 4.79 Å². The Labute approximate surface area is 225 Å². The second-order valence-corrected chi connectivity index (χ2v) is 9.55. The summed E-state index contributed by atoms with van der Waals surface area (Å²) in [4.78, 5) is 15.5. The average molecular weight is 515 g/mol. The first-order valence-corrected chi connectivity index (χ1v) is 13.6. The van der Waals surface area contributed by atoms with Crippen molar-refractivity contribution in [2.45, 2.75) is 57.6 Å². The van der Waals surface area contributed by atoms with Crippen LogP contribution in [0.2, 0.25) is 0 Å². The van der Waals surface area contributed by atoms with Crippen LogP contribution in [0.5, 0.6) is 11.5 Å². The molecule has 38 heavy (non-hydrogen) atoms. The molecular weight excluding hydrogens is 476 g/mol. The van der Waals surface area contributed by atoms with E-state index in [1.807, 2.05) is 72.9 Å². The van der Waals surface area contributed by atoms with Crippen molar-refractivity contribution in [3.05, 3.63) is 96.2 Å². The fourth-order valence-electron chi connectivity index (χ4n) is 4.37. The highest BCUT2D eigenvalue weighted by Crippen LogP contribution is 2.20. The fourth-order valence-corrected chi connectivity index (χ4v) is 4.37. The van der Waals surface area contributed by atoms with Gasteiger partial charge >= 0.3 is 5.97 Å². The van der Waals surface area contributed by atoms with Crippen molar-refractivity contribution >= 4 is 16.9 Å². The first-order chi connectivity index (χ1) is 18.7. The van der Waals surface area contributed by atoms with Crippen molar-refractivity contribution in [2.75, 3.05) is 13.2 Å². The first-order valence-electron chi connectivity index (χ1n) is 13.6. The van der Waals surface area contributed by atoms with E-state index in [-0.39, 0.29) is 5.97 Å². The number of nitrogens with two attached hydrogens (primary N) is 1. The summed E-state index contributed by atoms with van der Waals surface area (Å²) < 4.78 is 17.1. The van der Waals surface area contributed by atoms with Crippen LogP contribution in [0.3, 0.4) is 0 Å². The van der Waals surface area contributed by atoms with Gasteiger partial charge in [0.1, 0.15) is 24.1 Å². The van der Waals surface area contributed by atoms with E-state index < -0.39 is 6.04 Å². The number of fused-ring (bicyclic) bond motifs is 1. The summed E-state index contributed by atoms with van der Waals surface area (Å²) in [6.45, 7) is 1.69. The van der Waals surface area contributed by atoms with E-state index in [1.165, 1.54) is 0 Å². The summed E-state index contributed by atoms with van der Waals surface area (Å²) in [5.41, 5.74) is 9.33. The lowest BCUT2D eigenvalue weighted by molar-refractivity contribution is -0.145. The molecule has 0 fully saturated rings. The largest absolute Gasteiger partial charge is 0.494 e. The number of esters is 1. The normalized spacial score (nSPS) is 11.8. The van der Waals surface area contributed by atoms with Gasteiger partial charge in [0.15, 0.2) is 0 Å². The number of hydrogen-bond donors (Lipinski definition) is 2. The van der Waals surface area contributed by atoms with Crippen molar-refractivity contribution in [3.8, 4) is 11.5 Å². The van der Waals surface area contributed by atoms with E-state index in [0.29, 0.717) is 26.2 Å². The molecule has 0 bridgehead atoms. The Morgan fingerprint density at radius 3 is 2.13 bits per heavy atom. The number of carbonyl (C=O) groups excluding carboxylic acids is 1. The van der Waals surface area contributed by atoms with E-state index in [9.17, 15) is 4.79 Å². The van der Waals surface area contributed by atoms with Gasteiger partial charge in [-0.2, -0.15) is 0 Å². The van der Waals surface area contributed by atoms with Crippen LogP contribution in [0, 0.1) is 0 Å². The summed E-state index contributed by atoms with van der Waals surface area (Å²) in [6.07, 6.45) is 8.68. The molecule has 0 aliphatic rings. The van der Waals surface area contributed by atoms with Gasteiger partial charge in [0.05, 0.1) is 13.2 Å². The number of H-pyrrole nitrogens is 1. The standard InChI is InChI=1S/C32H38N2O4/c33-30(22-26-23-34-31-15-9-8-14-29(26)31)32(35)37-21-11-4-2-1-3-10-20-36-27-16-18-28(19-17-27)38-24-25-12-6-5-7-13-25/h5-9,12-19,23,30,34H,1-4,10-11,20-22,24,33H2/t30-/m0/s1. The molecule has 0 radical (unpaired) electrons. The molecule has 0 unspecified atom stereocenters. The molecule has 0 spiro atoms. The predicted molar refractivity (Wildman–Crippen MR) is 151 cm³/mol. The SMILES string of the molecule is N[C@@H](Cc1c[nH]c2ccccc12)C(=O)OCCCCCCCCOc1ccc(OCc2ccccc2)cc1. The van der Waals surface area contributed by atoms with Gasteiger partial charge in [0.2, 0.25) is 0 Å². The number of hydrogen-bond acceptors (Lipinski definition) is 5. The summed E-state index contributed by atoms with van der Waals surface area (Å²) in [6, 6.07) is 25.3. The maximum Gasteiger partial charge on any atom is 0.323 e. The van der Waals surface area contributed by atoms with Gasteiger partial charge in [-0.25, -0.2) is 0 Å². The third kappa shape index (κ3) is 8.67. The third-order valence-corrected chi connectivity index (χ3v) is 6.54. The molecule has 1 aromatic heterocycles.